The Labute approximate surface area is 79.0 Å². The summed E-state index contributed by atoms with van der Waals surface area (Å²) in [4.78, 5) is 13.8. The van der Waals surface area contributed by atoms with Crippen molar-refractivity contribution in [2.24, 2.45) is 0 Å². The molecule has 2 heterocycles. The molecule has 2 rings (SSSR count). The number of halogens is 3. The molecule has 0 bridgehead atoms. The molecular formula is C6H2F3N3OS. The number of hydrogen-bond donors (Lipinski definition) is 0. The number of aldehydes is 1. The summed E-state index contributed by atoms with van der Waals surface area (Å²) < 4.78 is 37.8. The molecule has 0 atom stereocenters. The molecule has 74 valence electrons. The number of hydrogen-bond acceptors (Lipinski definition) is 4. The van der Waals surface area contributed by atoms with Crippen molar-refractivity contribution in [3.05, 3.63) is 16.9 Å². The Hall–Kier alpha value is -1.44. The molecule has 4 nitrogen and oxygen atoms in total. The average Bonchev–Trinajstić information content (AvgIpc) is 2.58. The minimum absolute atomic E-state index is 0.0550. The van der Waals surface area contributed by atoms with E-state index in [2.05, 4.69) is 10.1 Å². The molecule has 0 unspecified atom stereocenters. The number of nitrogens with zero attached hydrogens (tertiary/aromatic N) is 3. The number of rotatable bonds is 1. The number of imidazole rings is 1. The summed E-state index contributed by atoms with van der Waals surface area (Å²) in [5.74, 6) is 0. The minimum Gasteiger partial charge on any atom is -0.296 e. The molecular weight excluding hydrogens is 219 g/mol. The summed E-state index contributed by atoms with van der Waals surface area (Å²) in [5, 5.41) is 3.57. The monoisotopic (exact) mass is 221 g/mol. The van der Waals surface area contributed by atoms with Crippen molar-refractivity contribution in [2.45, 2.75) is 6.18 Å². The third-order valence-corrected chi connectivity index (χ3v) is 2.24. The quantitative estimate of drug-likeness (QED) is 0.687. The fourth-order valence-electron chi connectivity index (χ4n) is 1.02. The van der Waals surface area contributed by atoms with Crippen molar-refractivity contribution in [2.75, 3.05) is 0 Å². The second-order valence-electron chi connectivity index (χ2n) is 2.39. The van der Waals surface area contributed by atoms with E-state index < -0.39 is 17.6 Å². The lowest BCUT2D eigenvalue weighted by molar-refractivity contribution is -0.141. The van der Waals surface area contributed by atoms with E-state index in [1.165, 1.54) is 5.51 Å². The van der Waals surface area contributed by atoms with Gasteiger partial charge in [-0.3, -0.25) is 4.79 Å². The van der Waals surface area contributed by atoms with Crippen LogP contribution in [0.3, 0.4) is 0 Å². The molecule has 0 saturated carbocycles. The van der Waals surface area contributed by atoms with Gasteiger partial charge in [-0.2, -0.15) is 22.8 Å². The van der Waals surface area contributed by atoms with Crippen LogP contribution in [0.15, 0.2) is 5.51 Å². The van der Waals surface area contributed by atoms with Gasteiger partial charge < -0.3 is 0 Å². The van der Waals surface area contributed by atoms with Crippen molar-refractivity contribution in [3.8, 4) is 0 Å². The van der Waals surface area contributed by atoms with Gasteiger partial charge in [0.1, 0.15) is 11.2 Å². The maximum atomic E-state index is 12.3. The molecule has 2 aromatic heterocycles. The fourth-order valence-corrected chi connectivity index (χ4v) is 1.65. The molecule has 0 spiro atoms. The first-order valence-corrected chi connectivity index (χ1v) is 4.26. The zero-order valence-corrected chi connectivity index (χ0v) is 7.26. The third-order valence-electron chi connectivity index (χ3n) is 1.56. The van der Waals surface area contributed by atoms with E-state index in [1.54, 1.807) is 0 Å². The highest BCUT2D eigenvalue weighted by molar-refractivity contribution is 7.14. The fraction of sp³-hybridized carbons (Fsp3) is 0.167. The lowest BCUT2D eigenvalue weighted by Crippen LogP contribution is -2.09. The van der Waals surface area contributed by atoms with Gasteiger partial charge in [0, 0.05) is 0 Å². The second kappa shape index (κ2) is 2.77. The maximum absolute atomic E-state index is 12.3. The number of carbonyl (C=O) groups is 1. The summed E-state index contributed by atoms with van der Waals surface area (Å²) in [7, 11) is 0. The topological polar surface area (TPSA) is 47.3 Å². The number of carbonyl (C=O) groups excluding carboxylic acids is 1. The van der Waals surface area contributed by atoms with E-state index in [4.69, 9.17) is 0 Å². The van der Waals surface area contributed by atoms with Crippen LogP contribution in [0.25, 0.3) is 4.96 Å². The summed E-state index contributed by atoms with van der Waals surface area (Å²) in [5.41, 5.74) is -0.434. The largest absolute Gasteiger partial charge is 0.435 e. The third kappa shape index (κ3) is 1.18. The summed E-state index contributed by atoms with van der Waals surface area (Å²) in [6, 6.07) is 0. The molecule has 14 heavy (non-hydrogen) atoms. The smallest absolute Gasteiger partial charge is 0.296 e. The zero-order valence-electron chi connectivity index (χ0n) is 6.45. The number of fused-ring (bicyclic) bond motifs is 1. The Balaban J connectivity index is 2.76. The lowest BCUT2D eigenvalue weighted by atomic mass is 10.3. The van der Waals surface area contributed by atoms with Gasteiger partial charge in [-0.15, -0.1) is 0 Å². The van der Waals surface area contributed by atoms with Crippen LogP contribution in [0.1, 0.15) is 16.2 Å². The van der Waals surface area contributed by atoms with E-state index >= 15 is 0 Å². The highest BCUT2D eigenvalue weighted by Gasteiger charge is 2.38. The van der Waals surface area contributed by atoms with Gasteiger partial charge in [0.15, 0.2) is 12.0 Å². The first-order chi connectivity index (χ1) is 6.54. The molecule has 0 aromatic carbocycles. The van der Waals surface area contributed by atoms with Crippen molar-refractivity contribution in [3.63, 3.8) is 0 Å². The van der Waals surface area contributed by atoms with Crippen molar-refractivity contribution in [1.29, 1.82) is 0 Å². The lowest BCUT2D eigenvalue weighted by Gasteiger charge is -2.01. The van der Waals surface area contributed by atoms with Crippen LogP contribution in [0, 0.1) is 0 Å². The van der Waals surface area contributed by atoms with Crippen molar-refractivity contribution < 1.29 is 18.0 Å². The number of alkyl halides is 3. The van der Waals surface area contributed by atoms with Crippen LogP contribution in [0.5, 0.6) is 0 Å². The van der Waals surface area contributed by atoms with E-state index in [0.717, 1.165) is 15.9 Å². The minimum atomic E-state index is -4.62. The van der Waals surface area contributed by atoms with Crippen LogP contribution >= 0.6 is 11.3 Å². The maximum Gasteiger partial charge on any atom is 0.435 e. The van der Waals surface area contributed by atoms with Crippen LogP contribution < -0.4 is 0 Å². The van der Waals surface area contributed by atoms with E-state index in [0.29, 0.717) is 0 Å². The predicted octanol–water partition coefficient (Wildman–Crippen LogP) is 1.62. The highest BCUT2D eigenvalue weighted by Crippen LogP contribution is 2.31. The van der Waals surface area contributed by atoms with Gasteiger partial charge in [0.05, 0.1) is 0 Å². The summed E-state index contributed by atoms with van der Waals surface area (Å²) >= 11 is 0.936. The average molecular weight is 221 g/mol. The Morgan fingerprint density at radius 3 is 2.79 bits per heavy atom. The summed E-state index contributed by atoms with van der Waals surface area (Å²) in [6.07, 6.45) is -4.52. The first kappa shape index (κ1) is 9.13. The Kier molecular flexibility index (Phi) is 1.81. The van der Waals surface area contributed by atoms with Gasteiger partial charge in [0.25, 0.3) is 0 Å². The van der Waals surface area contributed by atoms with Crippen molar-refractivity contribution in [1.82, 2.24) is 14.6 Å². The Morgan fingerprint density at radius 2 is 2.21 bits per heavy atom. The molecule has 0 amide bonds. The molecule has 0 radical (unpaired) electrons. The molecule has 2 aromatic rings. The van der Waals surface area contributed by atoms with E-state index in [-0.39, 0.29) is 11.2 Å². The van der Waals surface area contributed by atoms with Gasteiger partial charge in [-0.05, 0) is 0 Å². The van der Waals surface area contributed by atoms with E-state index in [1.807, 2.05) is 0 Å². The van der Waals surface area contributed by atoms with Crippen LogP contribution in [-0.4, -0.2) is 20.9 Å². The van der Waals surface area contributed by atoms with Gasteiger partial charge >= 0.3 is 6.18 Å². The molecule has 0 aliphatic heterocycles. The van der Waals surface area contributed by atoms with Crippen molar-refractivity contribution >= 4 is 22.6 Å². The predicted molar refractivity (Wildman–Crippen MR) is 41.3 cm³/mol. The molecule has 0 fully saturated rings. The number of aromatic nitrogens is 3. The van der Waals surface area contributed by atoms with Gasteiger partial charge in [-0.1, -0.05) is 11.3 Å². The SMILES string of the molecule is O=Cc1c(C(F)(F)F)nc2scnn12. The molecule has 0 N–H and O–H groups in total. The Morgan fingerprint density at radius 1 is 1.50 bits per heavy atom. The molecule has 0 aliphatic rings. The standard InChI is InChI=1S/C6H2F3N3OS/c7-6(8,9)4-3(1-13)12-5(11-4)14-2-10-12/h1-2H. The van der Waals surface area contributed by atoms with Crippen LogP contribution in [0.4, 0.5) is 13.2 Å². The Bertz CT molecular complexity index is 486. The molecule has 0 saturated heterocycles. The first-order valence-electron chi connectivity index (χ1n) is 3.38. The summed E-state index contributed by atoms with van der Waals surface area (Å²) in [6.45, 7) is 0. The van der Waals surface area contributed by atoms with Crippen LogP contribution in [0.2, 0.25) is 0 Å². The molecule has 0 aliphatic carbocycles. The van der Waals surface area contributed by atoms with E-state index in [9.17, 15) is 18.0 Å². The zero-order chi connectivity index (χ0) is 10.3. The molecule has 8 heteroatoms. The second-order valence-corrected chi connectivity index (χ2v) is 3.21. The highest BCUT2D eigenvalue weighted by atomic mass is 32.1. The normalized spacial score (nSPS) is 12.2. The van der Waals surface area contributed by atoms with Crippen LogP contribution in [-0.2, 0) is 6.18 Å². The van der Waals surface area contributed by atoms with Gasteiger partial charge in [0.2, 0.25) is 4.96 Å². The van der Waals surface area contributed by atoms with Gasteiger partial charge in [-0.25, -0.2) is 4.98 Å².